The van der Waals surface area contributed by atoms with Crippen molar-refractivity contribution >= 4 is 13.8 Å². The van der Waals surface area contributed by atoms with Gasteiger partial charge >= 0.3 is 13.8 Å². The topological polar surface area (TPSA) is 132 Å². The Kier molecular flexibility index (Phi) is 37.4. The van der Waals surface area contributed by atoms with Gasteiger partial charge in [0.2, 0.25) is 0 Å². The average Bonchev–Trinajstić information content (AvgIpc) is 3.12. The zero-order chi connectivity index (χ0) is 37.5. The maximum atomic E-state index is 12.6. The monoisotopic (exact) mass is 745 g/mol. The van der Waals surface area contributed by atoms with E-state index in [1.54, 1.807) is 0 Å². The van der Waals surface area contributed by atoms with Crippen LogP contribution in [0.3, 0.4) is 0 Å². The number of hydrogen-bond donors (Lipinski definition) is 3. The van der Waals surface area contributed by atoms with Gasteiger partial charge in [0, 0.05) is 13.0 Å². The Balaban J connectivity index is 4.20. The minimum atomic E-state index is -4.52. The summed E-state index contributed by atoms with van der Waals surface area (Å²) < 4.78 is 33.3. The zero-order valence-corrected chi connectivity index (χ0v) is 33.5. The molecular formula is C41H77O9P. The van der Waals surface area contributed by atoms with Gasteiger partial charge in [-0.3, -0.25) is 13.8 Å². The number of carbonyl (C=O) groups excluding carboxylic acids is 1. The van der Waals surface area contributed by atoms with Crippen LogP contribution >= 0.6 is 7.82 Å². The molecule has 0 aliphatic rings. The van der Waals surface area contributed by atoms with E-state index in [2.05, 4.69) is 50.3 Å². The SMILES string of the molecule is CCCC/C=C\CCCCCCCCOCC(COP(=O)(O)OCC(O)CO)OC(=O)CCCCCCCCC/C=C\C/C=C\CCCCCC. The number of carbonyl (C=O) groups is 1. The van der Waals surface area contributed by atoms with Crippen LogP contribution in [0.1, 0.15) is 174 Å². The van der Waals surface area contributed by atoms with Crippen molar-refractivity contribution < 1.29 is 43.0 Å². The molecule has 0 fully saturated rings. The molecule has 0 amide bonds. The van der Waals surface area contributed by atoms with Gasteiger partial charge < -0.3 is 24.6 Å². The molecule has 51 heavy (non-hydrogen) atoms. The molecule has 0 radical (unpaired) electrons. The van der Waals surface area contributed by atoms with Crippen LogP contribution in [0.4, 0.5) is 0 Å². The first-order valence-corrected chi connectivity index (χ1v) is 22.0. The van der Waals surface area contributed by atoms with Crippen LogP contribution in [-0.4, -0.2) is 66.3 Å². The molecule has 300 valence electrons. The molecule has 0 heterocycles. The maximum Gasteiger partial charge on any atom is 0.472 e. The van der Waals surface area contributed by atoms with Crippen molar-refractivity contribution in [3.63, 3.8) is 0 Å². The number of aliphatic hydroxyl groups excluding tert-OH is 2. The van der Waals surface area contributed by atoms with Gasteiger partial charge in [-0.05, 0) is 64.2 Å². The lowest BCUT2D eigenvalue weighted by molar-refractivity contribution is -0.154. The molecule has 3 atom stereocenters. The predicted molar refractivity (Wildman–Crippen MR) is 210 cm³/mol. The minimum Gasteiger partial charge on any atom is -0.457 e. The van der Waals surface area contributed by atoms with Gasteiger partial charge in [-0.25, -0.2) is 4.57 Å². The normalized spacial score (nSPS) is 14.5. The van der Waals surface area contributed by atoms with Crippen LogP contribution in [0.25, 0.3) is 0 Å². The molecule has 0 saturated carbocycles. The van der Waals surface area contributed by atoms with Crippen LogP contribution in [0.2, 0.25) is 0 Å². The van der Waals surface area contributed by atoms with Crippen LogP contribution < -0.4 is 0 Å². The Morgan fingerprint density at radius 1 is 0.608 bits per heavy atom. The number of phosphoric ester groups is 1. The molecule has 0 saturated heterocycles. The fraction of sp³-hybridized carbons (Fsp3) is 0.829. The first kappa shape index (κ1) is 49.7. The standard InChI is InChI=1S/C41H77O9P/c1-3-5-7-9-11-13-15-17-18-19-20-21-22-23-25-27-29-31-33-41(44)50-40(38-49-51(45,46)48-36-39(43)35-42)37-47-34-32-30-28-26-24-16-14-12-10-8-6-4-2/h10,12-13,15,18-19,39-40,42-43H,3-9,11,14,16-17,20-38H2,1-2H3,(H,45,46)/b12-10-,15-13-,19-18-. The van der Waals surface area contributed by atoms with Crippen molar-refractivity contribution in [2.45, 2.75) is 187 Å². The van der Waals surface area contributed by atoms with E-state index in [1.807, 2.05) is 0 Å². The van der Waals surface area contributed by atoms with E-state index in [0.29, 0.717) is 6.61 Å². The van der Waals surface area contributed by atoms with Crippen molar-refractivity contribution in [2.75, 3.05) is 33.0 Å². The van der Waals surface area contributed by atoms with E-state index in [9.17, 15) is 19.4 Å². The molecule has 0 rings (SSSR count). The van der Waals surface area contributed by atoms with Crippen molar-refractivity contribution in [3.8, 4) is 0 Å². The maximum absolute atomic E-state index is 12.6. The summed E-state index contributed by atoms with van der Waals surface area (Å²) in [4.78, 5) is 22.5. The molecule has 10 heteroatoms. The smallest absolute Gasteiger partial charge is 0.457 e. The molecule has 0 aromatic carbocycles. The summed E-state index contributed by atoms with van der Waals surface area (Å²) in [6.45, 7) is 3.44. The number of esters is 1. The average molecular weight is 745 g/mol. The highest BCUT2D eigenvalue weighted by molar-refractivity contribution is 7.47. The van der Waals surface area contributed by atoms with Crippen molar-refractivity contribution in [1.29, 1.82) is 0 Å². The molecule has 9 nitrogen and oxygen atoms in total. The Hall–Kier alpha value is -1.32. The largest absolute Gasteiger partial charge is 0.472 e. The van der Waals surface area contributed by atoms with Crippen molar-refractivity contribution in [1.82, 2.24) is 0 Å². The lowest BCUT2D eigenvalue weighted by Gasteiger charge is -2.20. The number of aliphatic hydroxyl groups is 2. The van der Waals surface area contributed by atoms with Crippen LogP contribution in [0.5, 0.6) is 0 Å². The molecule has 0 aliphatic carbocycles. The third kappa shape index (κ3) is 38.2. The summed E-state index contributed by atoms with van der Waals surface area (Å²) in [6, 6.07) is 0. The van der Waals surface area contributed by atoms with Crippen LogP contribution in [0.15, 0.2) is 36.5 Å². The fourth-order valence-electron chi connectivity index (χ4n) is 5.37. The summed E-state index contributed by atoms with van der Waals surface area (Å²) in [5, 5.41) is 18.3. The molecule has 3 N–H and O–H groups in total. The van der Waals surface area contributed by atoms with E-state index in [-0.39, 0.29) is 19.6 Å². The predicted octanol–water partition coefficient (Wildman–Crippen LogP) is 10.9. The second-order valence-electron chi connectivity index (χ2n) is 13.6. The van der Waals surface area contributed by atoms with Gasteiger partial charge in [-0.1, -0.05) is 140 Å². The lowest BCUT2D eigenvalue weighted by Crippen LogP contribution is -2.29. The highest BCUT2D eigenvalue weighted by Crippen LogP contribution is 2.43. The Morgan fingerprint density at radius 2 is 1.08 bits per heavy atom. The van der Waals surface area contributed by atoms with Crippen molar-refractivity contribution in [3.05, 3.63) is 36.5 Å². The number of unbranched alkanes of at least 4 members (excludes halogenated alkanes) is 19. The van der Waals surface area contributed by atoms with E-state index in [4.69, 9.17) is 23.6 Å². The molecular weight excluding hydrogens is 667 g/mol. The Bertz CT molecular complexity index is 892. The van der Waals surface area contributed by atoms with Gasteiger partial charge in [-0.2, -0.15) is 0 Å². The molecule has 0 aromatic rings. The number of rotatable bonds is 39. The highest BCUT2D eigenvalue weighted by Gasteiger charge is 2.26. The molecule has 0 aliphatic heterocycles. The number of hydrogen-bond acceptors (Lipinski definition) is 8. The zero-order valence-electron chi connectivity index (χ0n) is 32.6. The lowest BCUT2D eigenvalue weighted by atomic mass is 10.1. The Labute approximate surface area is 312 Å². The van der Waals surface area contributed by atoms with Gasteiger partial charge in [0.05, 0.1) is 26.4 Å². The number of ether oxygens (including phenoxy) is 2. The summed E-state index contributed by atoms with van der Waals surface area (Å²) in [7, 11) is -4.52. The summed E-state index contributed by atoms with van der Waals surface area (Å²) in [5.74, 6) is -0.394. The third-order valence-corrected chi connectivity index (χ3v) is 9.50. The van der Waals surface area contributed by atoms with Gasteiger partial charge in [0.25, 0.3) is 0 Å². The third-order valence-electron chi connectivity index (χ3n) is 8.55. The molecule has 0 aromatic heterocycles. The van der Waals surface area contributed by atoms with Gasteiger partial charge in [0.1, 0.15) is 12.2 Å². The summed E-state index contributed by atoms with van der Waals surface area (Å²) in [5.41, 5.74) is 0. The van der Waals surface area contributed by atoms with E-state index in [0.717, 1.165) is 64.2 Å². The van der Waals surface area contributed by atoms with Crippen LogP contribution in [0, 0.1) is 0 Å². The first-order chi connectivity index (χ1) is 24.8. The van der Waals surface area contributed by atoms with E-state index < -0.39 is 39.2 Å². The second kappa shape index (κ2) is 38.4. The quantitative estimate of drug-likeness (QED) is 0.0243. The molecule has 0 bridgehead atoms. The van der Waals surface area contributed by atoms with E-state index >= 15 is 0 Å². The first-order valence-electron chi connectivity index (χ1n) is 20.5. The minimum absolute atomic E-state index is 0.0420. The van der Waals surface area contributed by atoms with Crippen molar-refractivity contribution in [2.24, 2.45) is 0 Å². The fourth-order valence-corrected chi connectivity index (χ4v) is 6.16. The van der Waals surface area contributed by atoms with Crippen LogP contribution in [-0.2, 0) is 27.9 Å². The van der Waals surface area contributed by atoms with Gasteiger partial charge in [0.15, 0.2) is 0 Å². The Morgan fingerprint density at radius 3 is 1.65 bits per heavy atom. The van der Waals surface area contributed by atoms with E-state index in [1.165, 1.54) is 89.9 Å². The second-order valence-corrected chi connectivity index (χ2v) is 15.1. The summed E-state index contributed by atoms with van der Waals surface area (Å²) >= 11 is 0. The molecule has 0 spiro atoms. The van der Waals surface area contributed by atoms with Gasteiger partial charge in [-0.15, -0.1) is 0 Å². The highest BCUT2D eigenvalue weighted by atomic mass is 31.2. The molecule has 3 unspecified atom stereocenters. The summed E-state index contributed by atoms with van der Waals surface area (Å²) in [6.07, 6.45) is 39.5. The number of phosphoric acid groups is 1. The number of allylic oxidation sites excluding steroid dienone is 6.